The molecule has 0 atom stereocenters. The molecule has 0 bridgehead atoms. The lowest BCUT2D eigenvalue weighted by Gasteiger charge is -2.22. The van der Waals surface area contributed by atoms with Crippen LogP contribution in [0.2, 0.25) is 0 Å². The number of aromatic nitrogens is 4. The Hall–Kier alpha value is -2.81. The fourth-order valence-electron chi connectivity index (χ4n) is 3.90. The third-order valence-electron chi connectivity index (χ3n) is 5.21. The van der Waals surface area contributed by atoms with Crippen molar-refractivity contribution in [1.29, 1.82) is 0 Å². The van der Waals surface area contributed by atoms with Crippen LogP contribution in [0, 0.1) is 27.7 Å². The SMILES string of the molecule is Cc1cc(C)n(CCN2c3ccccc3N(CCn3nc(C)cc3C)S2(=O)=O)n1. The fraction of sp³-hybridized carbons (Fsp3) is 0.400. The van der Waals surface area contributed by atoms with E-state index in [1.807, 2.05) is 73.5 Å². The molecule has 1 aliphatic heterocycles. The molecule has 0 N–H and O–H groups in total. The molecule has 3 heterocycles. The van der Waals surface area contributed by atoms with Crippen LogP contribution in [0.25, 0.3) is 0 Å². The molecule has 9 heteroatoms. The van der Waals surface area contributed by atoms with Gasteiger partial charge in [0.05, 0.1) is 48.9 Å². The highest BCUT2D eigenvalue weighted by atomic mass is 32.2. The molecule has 0 radical (unpaired) electrons. The number of aryl methyl sites for hydroxylation is 4. The minimum atomic E-state index is -3.65. The van der Waals surface area contributed by atoms with Gasteiger partial charge in [-0.15, -0.1) is 0 Å². The number of para-hydroxylation sites is 2. The van der Waals surface area contributed by atoms with Crippen molar-refractivity contribution in [2.24, 2.45) is 0 Å². The van der Waals surface area contributed by atoms with E-state index in [0.29, 0.717) is 37.6 Å². The van der Waals surface area contributed by atoms with Crippen molar-refractivity contribution in [3.63, 3.8) is 0 Å². The standard InChI is InChI=1S/C20H26N6O2S/c1-15-13-17(3)23(21-15)9-11-25-19-7-5-6-8-20(19)26(29(25,27)28)12-10-24-18(4)14-16(2)22-24/h5-8,13-14H,9-12H2,1-4H3. The van der Waals surface area contributed by atoms with Gasteiger partial charge in [-0.2, -0.15) is 18.6 Å². The third-order valence-corrected chi connectivity index (χ3v) is 7.09. The summed E-state index contributed by atoms with van der Waals surface area (Å²) < 4.78 is 33.4. The van der Waals surface area contributed by atoms with Crippen LogP contribution in [0.4, 0.5) is 11.4 Å². The zero-order chi connectivity index (χ0) is 20.8. The van der Waals surface area contributed by atoms with Gasteiger partial charge in [0, 0.05) is 11.4 Å². The lowest BCUT2D eigenvalue weighted by atomic mass is 10.2. The van der Waals surface area contributed by atoms with Gasteiger partial charge in [0.2, 0.25) is 0 Å². The van der Waals surface area contributed by atoms with Gasteiger partial charge in [0.15, 0.2) is 0 Å². The van der Waals surface area contributed by atoms with Gasteiger partial charge in [0.1, 0.15) is 0 Å². The molecule has 1 aromatic carbocycles. The first-order valence-corrected chi connectivity index (χ1v) is 11.1. The largest absolute Gasteiger partial charge is 0.326 e. The van der Waals surface area contributed by atoms with E-state index in [4.69, 9.17) is 0 Å². The van der Waals surface area contributed by atoms with Gasteiger partial charge in [-0.25, -0.2) is 8.61 Å². The average molecular weight is 415 g/mol. The first-order chi connectivity index (χ1) is 13.8. The van der Waals surface area contributed by atoms with Crippen molar-refractivity contribution in [3.05, 3.63) is 59.2 Å². The molecule has 2 aromatic heterocycles. The van der Waals surface area contributed by atoms with Crippen LogP contribution >= 0.6 is 0 Å². The normalized spacial score (nSPS) is 15.2. The van der Waals surface area contributed by atoms with Crippen LogP contribution in [-0.4, -0.2) is 41.1 Å². The van der Waals surface area contributed by atoms with E-state index >= 15 is 0 Å². The van der Waals surface area contributed by atoms with Gasteiger partial charge in [-0.1, -0.05) is 12.1 Å². The Morgan fingerprint density at radius 2 is 1.14 bits per heavy atom. The van der Waals surface area contributed by atoms with E-state index in [-0.39, 0.29) is 0 Å². The Morgan fingerprint density at radius 3 is 1.48 bits per heavy atom. The molecular formula is C20H26N6O2S. The summed E-state index contributed by atoms with van der Waals surface area (Å²) in [4.78, 5) is 0. The summed E-state index contributed by atoms with van der Waals surface area (Å²) >= 11 is 0. The quantitative estimate of drug-likeness (QED) is 0.621. The van der Waals surface area contributed by atoms with Gasteiger partial charge in [0.25, 0.3) is 0 Å². The van der Waals surface area contributed by atoms with E-state index in [0.717, 1.165) is 22.8 Å². The van der Waals surface area contributed by atoms with Gasteiger partial charge < -0.3 is 0 Å². The van der Waals surface area contributed by atoms with E-state index < -0.39 is 10.2 Å². The minimum absolute atomic E-state index is 0.331. The van der Waals surface area contributed by atoms with Crippen LogP contribution in [0.5, 0.6) is 0 Å². The lowest BCUT2D eigenvalue weighted by Crippen LogP contribution is -2.41. The first-order valence-electron chi connectivity index (χ1n) is 9.69. The predicted octanol–water partition coefficient (Wildman–Crippen LogP) is 2.58. The summed E-state index contributed by atoms with van der Waals surface area (Å²) in [5.41, 5.74) is 5.32. The maximum absolute atomic E-state index is 13.4. The summed E-state index contributed by atoms with van der Waals surface area (Å²) in [5, 5.41) is 8.90. The van der Waals surface area contributed by atoms with Crippen molar-refractivity contribution in [1.82, 2.24) is 19.6 Å². The Morgan fingerprint density at radius 1 is 0.724 bits per heavy atom. The number of rotatable bonds is 6. The molecule has 0 saturated carbocycles. The molecule has 0 spiro atoms. The Labute approximate surface area is 171 Å². The highest BCUT2D eigenvalue weighted by Crippen LogP contribution is 2.40. The molecule has 8 nitrogen and oxygen atoms in total. The summed E-state index contributed by atoms with van der Waals surface area (Å²) in [6.45, 7) is 9.49. The molecule has 0 saturated heterocycles. The van der Waals surface area contributed by atoms with E-state index in [1.165, 1.54) is 8.61 Å². The van der Waals surface area contributed by atoms with Gasteiger partial charge >= 0.3 is 10.2 Å². The van der Waals surface area contributed by atoms with E-state index in [2.05, 4.69) is 10.2 Å². The number of anilines is 2. The van der Waals surface area contributed by atoms with E-state index in [9.17, 15) is 8.42 Å². The predicted molar refractivity (Wildman–Crippen MR) is 113 cm³/mol. The molecule has 3 aromatic rings. The van der Waals surface area contributed by atoms with E-state index in [1.54, 1.807) is 0 Å². The number of hydrogen-bond donors (Lipinski definition) is 0. The molecule has 0 fully saturated rings. The zero-order valence-corrected chi connectivity index (χ0v) is 18.0. The third kappa shape index (κ3) is 3.50. The molecule has 0 unspecified atom stereocenters. The van der Waals surface area contributed by atoms with Crippen molar-refractivity contribution in [2.75, 3.05) is 21.7 Å². The second-order valence-electron chi connectivity index (χ2n) is 7.44. The topological polar surface area (TPSA) is 76.3 Å². The molecule has 0 amide bonds. The second-order valence-corrected chi connectivity index (χ2v) is 9.22. The summed E-state index contributed by atoms with van der Waals surface area (Å²) in [6, 6.07) is 11.4. The molecule has 154 valence electrons. The molecule has 29 heavy (non-hydrogen) atoms. The molecule has 4 rings (SSSR count). The smallest absolute Gasteiger partial charge is 0.268 e. The molecule has 1 aliphatic rings. The number of nitrogens with zero attached hydrogens (tertiary/aromatic N) is 6. The Balaban J connectivity index is 1.59. The van der Waals surface area contributed by atoms with Gasteiger partial charge in [-0.05, 0) is 52.0 Å². The number of fused-ring (bicyclic) bond motifs is 1. The maximum atomic E-state index is 13.4. The van der Waals surface area contributed by atoms with Crippen LogP contribution < -0.4 is 8.61 Å². The fourth-order valence-corrected chi connectivity index (χ4v) is 5.57. The van der Waals surface area contributed by atoms with Gasteiger partial charge in [-0.3, -0.25) is 9.36 Å². The average Bonchev–Trinajstić information content (AvgIpc) is 3.22. The minimum Gasteiger partial charge on any atom is -0.268 e. The number of benzene rings is 1. The first kappa shape index (κ1) is 19.5. The Bertz CT molecular complexity index is 1060. The van der Waals surface area contributed by atoms with Crippen LogP contribution in [0.1, 0.15) is 22.8 Å². The number of hydrogen-bond acceptors (Lipinski definition) is 4. The molecule has 0 aliphatic carbocycles. The van der Waals surface area contributed by atoms with Crippen molar-refractivity contribution < 1.29 is 8.42 Å². The highest BCUT2D eigenvalue weighted by Gasteiger charge is 2.39. The lowest BCUT2D eigenvalue weighted by molar-refractivity contribution is 0.562. The Kier molecular flexibility index (Phi) is 4.85. The van der Waals surface area contributed by atoms with Crippen LogP contribution in [0.15, 0.2) is 36.4 Å². The second kappa shape index (κ2) is 7.22. The summed E-state index contributed by atoms with van der Waals surface area (Å²) in [7, 11) is -3.65. The van der Waals surface area contributed by atoms with Crippen molar-refractivity contribution in [3.8, 4) is 0 Å². The van der Waals surface area contributed by atoms with Crippen molar-refractivity contribution >= 4 is 21.6 Å². The zero-order valence-electron chi connectivity index (χ0n) is 17.2. The summed E-state index contributed by atoms with van der Waals surface area (Å²) in [5.74, 6) is 0. The monoisotopic (exact) mass is 414 g/mol. The van der Waals surface area contributed by atoms with Crippen molar-refractivity contribution in [2.45, 2.75) is 40.8 Å². The molecular weight excluding hydrogens is 388 g/mol. The van der Waals surface area contributed by atoms with Crippen LogP contribution in [0.3, 0.4) is 0 Å². The highest BCUT2D eigenvalue weighted by molar-refractivity contribution is 7.94. The van der Waals surface area contributed by atoms with Crippen LogP contribution in [-0.2, 0) is 23.3 Å². The summed E-state index contributed by atoms with van der Waals surface area (Å²) in [6.07, 6.45) is 0. The maximum Gasteiger partial charge on any atom is 0.326 e.